The third-order valence-electron chi connectivity index (χ3n) is 4.89. The lowest BCUT2D eigenvalue weighted by atomic mass is 10.0. The number of hydrogen-bond acceptors (Lipinski definition) is 3. The van der Waals surface area contributed by atoms with Gasteiger partial charge in [-0.05, 0) is 38.2 Å². The number of unbranched alkanes of at least 4 members (excludes halogenated alkanes) is 15. The Balaban J connectivity index is 0. The highest BCUT2D eigenvalue weighted by molar-refractivity contribution is 9.09. The van der Waals surface area contributed by atoms with Crippen LogP contribution in [0, 0.1) is 0 Å². The zero-order valence-electron chi connectivity index (χ0n) is 19.4. The average molecular weight is 484 g/mol. The molecular formula is C24H51BrO2S. The number of rotatable bonds is 21. The van der Waals surface area contributed by atoms with E-state index in [1.807, 2.05) is 12.5 Å². The monoisotopic (exact) mass is 482 g/mol. The fourth-order valence-electron chi connectivity index (χ4n) is 3.19. The first-order chi connectivity index (χ1) is 13.7. The molecule has 28 heavy (non-hydrogen) atoms. The molecule has 4 heteroatoms. The third-order valence-corrected chi connectivity index (χ3v) is 5.45. The minimum Gasteiger partial charge on any atom is -0.368 e. The van der Waals surface area contributed by atoms with Gasteiger partial charge in [-0.25, -0.2) is 0 Å². The minimum absolute atomic E-state index is 0.538. The van der Waals surface area contributed by atoms with Crippen molar-refractivity contribution in [2.75, 3.05) is 24.4 Å². The molecule has 1 N–H and O–H groups in total. The van der Waals surface area contributed by atoms with E-state index < -0.39 is 6.29 Å². The second-order valence-electron chi connectivity index (χ2n) is 7.87. The van der Waals surface area contributed by atoms with Crippen molar-refractivity contribution in [1.29, 1.82) is 0 Å². The predicted molar refractivity (Wildman–Crippen MR) is 134 cm³/mol. The summed E-state index contributed by atoms with van der Waals surface area (Å²) in [5.74, 6) is 0. The van der Waals surface area contributed by atoms with Crippen LogP contribution in [0.15, 0.2) is 0 Å². The minimum atomic E-state index is -0.538. The number of ether oxygens (including phenoxy) is 1. The van der Waals surface area contributed by atoms with Gasteiger partial charge in [0.1, 0.15) is 0 Å². The molecule has 0 aromatic carbocycles. The number of hydrogen-bond donors (Lipinski definition) is 1. The van der Waals surface area contributed by atoms with Gasteiger partial charge in [-0.3, -0.25) is 0 Å². The number of aliphatic hydroxyl groups is 1. The lowest BCUT2D eigenvalue weighted by molar-refractivity contribution is -0.105. The zero-order chi connectivity index (χ0) is 21.1. The van der Waals surface area contributed by atoms with Gasteiger partial charge in [-0.1, -0.05) is 113 Å². The molecule has 0 aliphatic carbocycles. The largest absolute Gasteiger partial charge is 0.368 e. The average Bonchev–Trinajstić information content (AvgIpc) is 2.69. The van der Waals surface area contributed by atoms with Gasteiger partial charge in [-0.2, -0.15) is 11.8 Å². The maximum atomic E-state index is 9.80. The van der Waals surface area contributed by atoms with E-state index in [0.717, 1.165) is 24.6 Å². The first-order valence-corrected chi connectivity index (χ1v) is 14.7. The van der Waals surface area contributed by atoms with Crippen molar-refractivity contribution in [3.05, 3.63) is 0 Å². The first-order valence-electron chi connectivity index (χ1n) is 12.0. The van der Waals surface area contributed by atoms with Gasteiger partial charge >= 0.3 is 0 Å². The molecule has 0 spiro atoms. The van der Waals surface area contributed by atoms with E-state index in [-0.39, 0.29) is 0 Å². The summed E-state index contributed by atoms with van der Waals surface area (Å²) in [6, 6.07) is 0. The van der Waals surface area contributed by atoms with Gasteiger partial charge in [-0.15, -0.1) is 0 Å². The van der Waals surface area contributed by atoms with Gasteiger partial charge in [0.2, 0.25) is 0 Å². The molecule has 0 radical (unpaired) electrons. The summed E-state index contributed by atoms with van der Waals surface area (Å²) in [5, 5.41) is 10.9. The van der Waals surface area contributed by atoms with Crippen molar-refractivity contribution in [3.63, 3.8) is 0 Å². The van der Waals surface area contributed by atoms with Crippen LogP contribution in [0.3, 0.4) is 0 Å². The van der Waals surface area contributed by atoms with Crippen LogP contribution in [0.5, 0.6) is 0 Å². The molecule has 0 aliphatic rings. The zero-order valence-corrected chi connectivity index (χ0v) is 21.8. The van der Waals surface area contributed by atoms with E-state index in [4.69, 9.17) is 4.74 Å². The van der Waals surface area contributed by atoms with Crippen molar-refractivity contribution in [2.45, 2.75) is 129 Å². The smallest absolute Gasteiger partial charge is 0.154 e. The van der Waals surface area contributed by atoms with Crippen molar-refractivity contribution >= 4 is 27.7 Å². The number of halogens is 1. The Bertz CT molecular complexity index is 255. The molecule has 0 aliphatic heterocycles. The van der Waals surface area contributed by atoms with Gasteiger partial charge in [0, 0.05) is 11.9 Å². The number of alkyl halides is 1. The summed E-state index contributed by atoms with van der Waals surface area (Å²) < 4.78 is 5.47. The number of thioether (sulfide) groups is 1. The molecule has 0 amide bonds. The Hall–Kier alpha value is 0.750. The summed E-state index contributed by atoms with van der Waals surface area (Å²) in [4.78, 5) is 0. The van der Waals surface area contributed by atoms with Crippen LogP contribution in [0.2, 0.25) is 0 Å². The molecule has 0 rings (SSSR count). The third kappa shape index (κ3) is 31.4. The molecule has 172 valence electrons. The van der Waals surface area contributed by atoms with E-state index in [9.17, 15) is 5.11 Å². The molecule has 0 saturated carbocycles. The second-order valence-corrected chi connectivity index (χ2v) is 9.48. The van der Waals surface area contributed by atoms with Gasteiger partial charge < -0.3 is 9.84 Å². The van der Waals surface area contributed by atoms with Crippen molar-refractivity contribution < 1.29 is 9.84 Å². The molecule has 2 nitrogen and oxygen atoms in total. The van der Waals surface area contributed by atoms with Crippen LogP contribution in [-0.2, 0) is 4.74 Å². The van der Waals surface area contributed by atoms with E-state index in [1.165, 1.54) is 96.3 Å². The molecule has 1 unspecified atom stereocenters. The predicted octanol–water partition coefficient (Wildman–Crippen LogP) is 8.74. The summed E-state index contributed by atoms with van der Waals surface area (Å²) in [5.41, 5.74) is 0. The second kappa shape index (κ2) is 29.9. The van der Waals surface area contributed by atoms with Crippen LogP contribution >= 0.6 is 27.7 Å². The van der Waals surface area contributed by atoms with Crippen LogP contribution in [0.1, 0.15) is 122 Å². The Morgan fingerprint density at radius 3 is 1.54 bits per heavy atom. The lowest BCUT2D eigenvalue weighted by Gasteiger charge is -2.11. The fourth-order valence-corrected chi connectivity index (χ4v) is 3.59. The molecule has 0 aromatic heterocycles. The first kappa shape index (κ1) is 30.9. The quantitative estimate of drug-likeness (QED) is 0.101. The SMILES string of the molecule is CCCCCCCCCCCCCCCC(O)OCCCCCCBr.CSC. The molecule has 0 fully saturated rings. The van der Waals surface area contributed by atoms with E-state index >= 15 is 0 Å². The topological polar surface area (TPSA) is 29.5 Å². The highest BCUT2D eigenvalue weighted by Gasteiger charge is 2.03. The van der Waals surface area contributed by atoms with Crippen LogP contribution in [0.4, 0.5) is 0 Å². The van der Waals surface area contributed by atoms with Crippen molar-refractivity contribution in [2.24, 2.45) is 0 Å². The maximum Gasteiger partial charge on any atom is 0.154 e. The Kier molecular flexibility index (Phi) is 33.1. The van der Waals surface area contributed by atoms with Crippen LogP contribution in [-0.4, -0.2) is 35.8 Å². The van der Waals surface area contributed by atoms with Crippen molar-refractivity contribution in [3.8, 4) is 0 Å². The van der Waals surface area contributed by atoms with Gasteiger partial charge in [0.15, 0.2) is 6.29 Å². The van der Waals surface area contributed by atoms with E-state index in [2.05, 4.69) is 22.9 Å². The Morgan fingerprint density at radius 2 is 1.07 bits per heavy atom. The van der Waals surface area contributed by atoms with Gasteiger partial charge in [0.05, 0.1) is 0 Å². The summed E-state index contributed by atoms with van der Waals surface area (Å²) >= 11 is 5.19. The number of aliphatic hydroxyl groups excluding tert-OH is 1. The maximum absolute atomic E-state index is 9.80. The van der Waals surface area contributed by atoms with E-state index in [0.29, 0.717) is 6.61 Å². The molecule has 0 heterocycles. The normalized spacial score (nSPS) is 11.9. The molecule has 1 atom stereocenters. The van der Waals surface area contributed by atoms with Crippen molar-refractivity contribution in [1.82, 2.24) is 0 Å². The summed E-state index contributed by atoms with van der Waals surface area (Å²) in [6.07, 6.45) is 26.9. The van der Waals surface area contributed by atoms with Crippen LogP contribution in [0.25, 0.3) is 0 Å². The fraction of sp³-hybridized carbons (Fsp3) is 1.00. The Labute approximate surface area is 190 Å². The molecular weight excluding hydrogens is 432 g/mol. The standard InChI is InChI=1S/C22H45BrO2.C2H6S/c1-2-3-4-5-6-7-8-9-10-11-12-13-16-19-22(24)25-21-18-15-14-17-20-23;1-3-2/h22,24H,2-21H2,1H3;1-2H3. The molecule has 0 aromatic rings. The highest BCUT2D eigenvalue weighted by Crippen LogP contribution is 2.13. The summed E-state index contributed by atoms with van der Waals surface area (Å²) in [7, 11) is 0. The van der Waals surface area contributed by atoms with E-state index in [1.54, 1.807) is 11.8 Å². The molecule has 0 bridgehead atoms. The highest BCUT2D eigenvalue weighted by atomic mass is 79.9. The van der Waals surface area contributed by atoms with Gasteiger partial charge in [0.25, 0.3) is 0 Å². The Morgan fingerprint density at radius 1 is 0.679 bits per heavy atom. The summed E-state index contributed by atoms with van der Waals surface area (Å²) in [6.45, 7) is 2.99. The molecule has 0 saturated heterocycles. The van der Waals surface area contributed by atoms with Crippen LogP contribution < -0.4 is 0 Å². The lowest BCUT2D eigenvalue weighted by Crippen LogP contribution is -2.12.